The predicted molar refractivity (Wildman–Crippen MR) is 82.8 cm³/mol. The summed E-state index contributed by atoms with van der Waals surface area (Å²) in [5.41, 5.74) is 0.524. The van der Waals surface area contributed by atoms with Crippen molar-refractivity contribution in [1.29, 1.82) is 0 Å². The maximum atomic E-state index is 13.5. The van der Waals surface area contributed by atoms with Crippen molar-refractivity contribution < 1.29 is 18.7 Å². The van der Waals surface area contributed by atoms with E-state index >= 15 is 0 Å². The first-order valence-electron chi connectivity index (χ1n) is 7.74. The van der Waals surface area contributed by atoms with Crippen molar-refractivity contribution in [2.45, 2.75) is 44.1 Å². The number of nitrogens with zero attached hydrogens (tertiary/aromatic N) is 1. The van der Waals surface area contributed by atoms with Gasteiger partial charge in [-0.15, -0.1) is 0 Å². The molecule has 1 saturated carbocycles. The number of hydrogen-bond acceptors (Lipinski definition) is 2. The zero-order valence-electron chi connectivity index (χ0n) is 13.0. The van der Waals surface area contributed by atoms with Gasteiger partial charge in [-0.2, -0.15) is 0 Å². The van der Waals surface area contributed by atoms with Crippen LogP contribution in [-0.4, -0.2) is 33.5 Å². The average Bonchev–Trinajstić information content (AvgIpc) is 2.79. The molecule has 1 atom stereocenters. The van der Waals surface area contributed by atoms with Crippen molar-refractivity contribution in [3.05, 3.63) is 41.7 Å². The molecule has 6 heteroatoms. The highest BCUT2D eigenvalue weighted by Crippen LogP contribution is 2.38. The van der Waals surface area contributed by atoms with Crippen LogP contribution in [0.15, 0.2) is 30.6 Å². The second kappa shape index (κ2) is 5.60. The van der Waals surface area contributed by atoms with E-state index in [1.165, 1.54) is 0 Å². The van der Waals surface area contributed by atoms with E-state index in [2.05, 4.69) is 5.32 Å². The molecule has 2 aromatic heterocycles. The summed E-state index contributed by atoms with van der Waals surface area (Å²) >= 11 is 0. The lowest BCUT2D eigenvalue weighted by atomic mass is 9.82. The topological polar surface area (TPSA) is 53.7 Å². The summed E-state index contributed by atoms with van der Waals surface area (Å²) in [4.78, 5) is 12.5. The second-order valence-corrected chi connectivity index (χ2v) is 6.47. The van der Waals surface area contributed by atoms with E-state index in [4.69, 9.17) is 0 Å². The summed E-state index contributed by atoms with van der Waals surface area (Å²) in [6, 6.07) is 5.52. The van der Waals surface area contributed by atoms with Gasteiger partial charge in [0.05, 0.1) is 16.7 Å². The molecule has 0 radical (unpaired) electrons. The maximum absolute atomic E-state index is 13.5. The van der Waals surface area contributed by atoms with Gasteiger partial charge in [-0.1, -0.05) is 6.07 Å². The van der Waals surface area contributed by atoms with Crippen LogP contribution in [0.25, 0.3) is 5.52 Å². The number of carbonyl (C=O) groups excluding carboxylic acids is 1. The van der Waals surface area contributed by atoms with Crippen molar-refractivity contribution in [3.63, 3.8) is 0 Å². The number of hydrogen-bond donors (Lipinski definition) is 2. The molecule has 2 N–H and O–H groups in total. The van der Waals surface area contributed by atoms with Crippen LogP contribution in [-0.2, 0) is 0 Å². The normalized spacial score (nSPS) is 23.8. The molecule has 1 aliphatic carbocycles. The van der Waals surface area contributed by atoms with Crippen molar-refractivity contribution in [3.8, 4) is 0 Å². The fourth-order valence-corrected chi connectivity index (χ4v) is 3.37. The molecule has 0 bridgehead atoms. The number of fused-ring (bicyclic) bond motifs is 1. The molecular formula is C17H20F2N2O2. The Morgan fingerprint density at radius 1 is 1.39 bits per heavy atom. The maximum Gasteiger partial charge on any atom is 0.253 e. The minimum atomic E-state index is -2.86. The van der Waals surface area contributed by atoms with Gasteiger partial charge in [-0.05, 0) is 37.5 Å². The average molecular weight is 322 g/mol. The molecule has 1 amide bonds. The molecule has 3 rings (SSSR count). The number of rotatable bonds is 3. The number of carbonyl (C=O) groups is 1. The third kappa shape index (κ3) is 3.22. The predicted octanol–water partition coefficient (Wildman–Crippen LogP) is 2.92. The molecule has 1 fully saturated rings. The summed E-state index contributed by atoms with van der Waals surface area (Å²) in [7, 11) is 0. The Labute approximate surface area is 133 Å². The van der Waals surface area contributed by atoms with Crippen LogP contribution in [0.4, 0.5) is 8.78 Å². The first-order valence-corrected chi connectivity index (χ1v) is 7.74. The zero-order chi connectivity index (χ0) is 16.7. The Kier molecular flexibility index (Phi) is 3.88. The number of halogens is 2. The molecule has 2 aromatic rings. The molecule has 23 heavy (non-hydrogen) atoms. The SMILES string of the molecule is Cc1cn2ccccc2c1C(=O)NCC1(O)CCCC(F)(F)C1. The van der Waals surface area contributed by atoms with Crippen LogP contribution in [0.5, 0.6) is 0 Å². The molecule has 124 valence electrons. The van der Waals surface area contributed by atoms with E-state index in [1.807, 2.05) is 41.9 Å². The number of nitrogens with one attached hydrogen (secondary N) is 1. The lowest BCUT2D eigenvalue weighted by molar-refractivity contribution is -0.121. The zero-order valence-corrected chi connectivity index (χ0v) is 13.0. The third-order valence-electron chi connectivity index (χ3n) is 4.45. The van der Waals surface area contributed by atoms with Gasteiger partial charge in [-0.25, -0.2) is 8.78 Å². The summed E-state index contributed by atoms with van der Waals surface area (Å²) < 4.78 is 28.8. The summed E-state index contributed by atoms with van der Waals surface area (Å²) in [6.07, 6.45) is 3.41. The van der Waals surface area contributed by atoms with Crippen LogP contribution in [0, 0.1) is 6.92 Å². The van der Waals surface area contributed by atoms with Crippen LogP contribution in [0.2, 0.25) is 0 Å². The molecule has 0 aliphatic heterocycles. The number of aryl methyl sites for hydroxylation is 1. The Bertz CT molecular complexity index is 741. The molecule has 1 aliphatic rings. The fraction of sp³-hybridized carbons (Fsp3) is 0.471. The van der Waals surface area contributed by atoms with Gasteiger partial charge < -0.3 is 14.8 Å². The summed E-state index contributed by atoms with van der Waals surface area (Å²) in [5.74, 6) is -3.21. The minimum absolute atomic E-state index is 0.162. The number of alkyl halides is 2. The van der Waals surface area contributed by atoms with Crippen LogP contribution < -0.4 is 5.32 Å². The Hall–Kier alpha value is -1.95. The van der Waals surface area contributed by atoms with Gasteiger partial charge in [0.15, 0.2) is 0 Å². The lowest BCUT2D eigenvalue weighted by Crippen LogP contribution is -2.49. The number of aromatic nitrogens is 1. The van der Waals surface area contributed by atoms with Gasteiger partial charge in [-0.3, -0.25) is 4.79 Å². The summed E-state index contributed by atoms with van der Waals surface area (Å²) in [5, 5.41) is 13.0. The van der Waals surface area contributed by atoms with Crippen LogP contribution in [0.1, 0.15) is 41.6 Å². The molecule has 2 heterocycles. The Morgan fingerprint density at radius 3 is 2.91 bits per heavy atom. The van der Waals surface area contributed by atoms with Crippen molar-refractivity contribution in [1.82, 2.24) is 9.72 Å². The molecule has 1 unspecified atom stereocenters. The van der Waals surface area contributed by atoms with E-state index in [-0.39, 0.29) is 31.7 Å². The highest BCUT2D eigenvalue weighted by Gasteiger charge is 2.44. The van der Waals surface area contributed by atoms with E-state index in [0.29, 0.717) is 5.56 Å². The van der Waals surface area contributed by atoms with E-state index in [9.17, 15) is 18.7 Å². The Morgan fingerprint density at radius 2 is 2.17 bits per heavy atom. The largest absolute Gasteiger partial charge is 0.388 e. The highest BCUT2D eigenvalue weighted by atomic mass is 19.3. The molecule has 0 spiro atoms. The molecule has 0 saturated heterocycles. The Balaban J connectivity index is 1.75. The van der Waals surface area contributed by atoms with Crippen LogP contribution in [0.3, 0.4) is 0 Å². The van der Waals surface area contributed by atoms with E-state index < -0.39 is 17.9 Å². The number of aliphatic hydroxyl groups is 1. The first-order chi connectivity index (χ1) is 10.8. The minimum Gasteiger partial charge on any atom is -0.388 e. The van der Waals surface area contributed by atoms with Gasteiger partial charge in [0, 0.05) is 31.8 Å². The third-order valence-corrected chi connectivity index (χ3v) is 4.45. The van der Waals surface area contributed by atoms with E-state index in [1.54, 1.807) is 0 Å². The smallest absolute Gasteiger partial charge is 0.253 e. The van der Waals surface area contributed by atoms with Gasteiger partial charge in [0.1, 0.15) is 0 Å². The molecular weight excluding hydrogens is 302 g/mol. The fourth-order valence-electron chi connectivity index (χ4n) is 3.37. The van der Waals surface area contributed by atoms with Crippen molar-refractivity contribution in [2.24, 2.45) is 0 Å². The summed E-state index contributed by atoms with van der Waals surface area (Å²) in [6.45, 7) is 1.66. The number of amides is 1. The van der Waals surface area contributed by atoms with Gasteiger partial charge in [0.25, 0.3) is 11.8 Å². The lowest BCUT2D eigenvalue weighted by Gasteiger charge is -2.36. The first kappa shape index (κ1) is 15.9. The number of pyridine rings is 1. The van der Waals surface area contributed by atoms with Gasteiger partial charge >= 0.3 is 0 Å². The van der Waals surface area contributed by atoms with Crippen molar-refractivity contribution in [2.75, 3.05) is 6.54 Å². The molecule has 4 nitrogen and oxygen atoms in total. The van der Waals surface area contributed by atoms with Crippen LogP contribution >= 0.6 is 0 Å². The molecule has 0 aromatic carbocycles. The quantitative estimate of drug-likeness (QED) is 0.913. The standard InChI is InChI=1S/C17H20F2N2O2/c1-12-9-21-8-3-2-5-13(21)14(12)15(22)20-11-16(23)6-4-7-17(18,19)10-16/h2-3,5,8-9,23H,4,6-7,10-11H2,1H3,(H,20,22). The van der Waals surface area contributed by atoms with Gasteiger partial charge in [0.2, 0.25) is 0 Å². The second-order valence-electron chi connectivity index (χ2n) is 6.47. The highest BCUT2D eigenvalue weighted by molar-refractivity contribution is 6.02. The van der Waals surface area contributed by atoms with Crippen molar-refractivity contribution >= 4 is 11.4 Å². The van der Waals surface area contributed by atoms with E-state index in [0.717, 1.165) is 11.1 Å². The monoisotopic (exact) mass is 322 g/mol.